The maximum atomic E-state index is 12.5. The smallest absolute Gasteiger partial charge is 0.231 e. The Bertz CT molecular complexity index is 864. The van der Waals surface area contributed by atoms with Crippen molar-refractivity contribution in [2.75, 3.05) is 26.4 Å². The largest absolute Gasteiger partial charge is 0.343 e. The molecule has 2 N–H and O–H groups in total. The van der Waals surface area contributed by atoms with E-state index in [0.717, 1.165) is 17.0 Å². The van der Waals surface area contributed by atoms with Gasteiger partial charge in [-0.05, 0) is 28.5 Å². The third-order valence-electron chi connectivity index (χ3n) is 4.24. The van der Waals surface area contributed by atoms with Crippen molar-refractivity contribution in [3.63, 3.8) is 0 Å². The van der Waals surface area contributed by atoms with Crippen molar-refractivity contribution < 1.29 is 9.69 Å². The molecular weight excluding hydrogens is 340 g/mol. The topological polar surface area (TPSA) is 33.5 Å². The van der Waals surface area contributed by atoms with Crippen LogP contribution in [0.3, 0.4) is 0 Å². The normalized spacial score (nSPS) is 12.3. The Morgan fingerprint density at radius 2 is 1.65 bits per heavy atom. The summed E-state index contributed by atoms with van der Waals surface area (Å²) in [5, 5.41) is 5.62. The first-order valence-electron chi connectivity index (χ1n) is 8.87. The highest BCUT2D eigenvalue weighted by atomic mass is 32.2. The van der Waals surface area contributed by atoms with Gasteiger partial charge in [0.05, 0.1) is 19.8 Å². The summed E-state index contributed by atoms with van der Waals surface area (Å²) in [6.45, 7) is 0.858. The number of nitrogens with one attached hydrogen (secondary N) is 2. The lowest BCUT2D eigenvalue weighted by atomic mass is 10.1. The second-order valence-corrected chi connectivity index (χ2v) is 7.79. The van der Waals surface area contributed by atoms with E-state index in [9.17, 15) is 4.79 Å². The fourth-order valence-electron chi connectivity index (χ4n) is 2.99. The van der Waals surface area contributed by atoms with Crippen molar-refractivity contribution in [1.82, 2.24) is 5.32 Å². The Kier molecular flexibility index (Phi) is 6.31. The van der Waals surface area contributed by atoms with E-state index in [4.69, 9.17) is 0 Å². The predicted molar refractivity (Wildman–Crippen MR) is 110 cm³/mol. The number of fused-ring (bicyclic) bond motifs is 1. The van der Waals surface area contributed by atoms with E-state index in [1.165, 1.54) is 15.7 Å². The molecule has 134 valence electrons. The average Bonchev–Trinajstić information content (AvgIpc) is 2.66. The Labute approximate surface area is 159 Å². The Morgan fingerprint density at radius 1 is 0.962 bits per heavy atom. The van der Waals surface area contributed by atoms with Crippen LogP contribution in [0.15, 0.2) is 77.7 Å². The predicted octanol–water partition coefficient (Wildman–Crippen LogP) is 2.93. The number of hydrogen-bond donors (Lipinski definition) is 2. The van der Waals surface area contributed by atoms with E-state index in [2.05, 4.69) is 61.9 Å². The Morgan fingerprint density at radius 3 is 2.38 bits per heavy atom. The molecule has 3 rings (SSSR count). The van der Waals surface area contributed by atoms with Crippen LogP contribution in [0.25, 0.3) is 10.8 Å². The number of benzene rings is 3. The molecule has 3 aromatic rings. The number of carbonyl (C=O) groups is 1. The van der Waals surface area contributed by atoms with Crippen LogP contribution in [0.2, 0.25) is 0 Å². The van der Waals surface area contributed by atoms with Gasteiger partial charge in [-0.25, -0.2) is 0 Å². The standard InChI is InChI=1S/C22H24N2OS/c1-24(2)15-21(18-9-4-3-5-10-18)23-22(25)16-26-20-13-12-17-8-6-7-11-19(17)14-20/h3-14,21H,15-16H2,1-2H3,(H,23,25)/p+1/t21-/m0/s1. The summed E-state index contributed by atoms with van der Waals surface area (Å²) in [4.78, 5) is 14.9. The van der Waals surface area contributed by atoms with E-state index in [1.807, 2.05) is 30.3 Å². The molecule has 0 unspecified atom stereocenters. The summed E-state index contributed by atoms with van der Waals surface area (Å²) in [5.41, 5.74) is 1.15. The van der Waals surface area contributed by atoms with Gasteiger partial charge in [0.1, 0.15) is 12.6 Å². The van der Waals surface area contributed by atoms with Crippen LogP contribution in [-0.2, 0) is 4.79 Å². The molecule has 0 spiro atoms. The van der Waals surface area contributed by atoms with Gasteiger partial charge in [-0.15, -0.1) is 11.8 Å². The van der Waals surface area contributed by atoms with E-state index in [1.54, 1.807) is 11.8 Å². The minimum Gasteiger partial charge on any atom is -0.343 e. The fourth-order valence-corrected chi connectivity index (χ4v) is 3.74. The minimum atomic E-state index is 0.0332. The van der Waals surface area contributed by atoms with Crippen molar-refractivity contribution in [3.05, 3.63) is 78.4 Å². The SMILES string of the molecule is C[NH+](C)C[C@H](NC(=O)CSc1ccc2ccccc2c1)c1ccccc1. The van der Waals surface area contributed by atoms with Crippen molar-refractivity contribution in [3.8, 4) is 0 Å². The van der Waals surface area contributed by atoms with Crippen LogP contribution in [-0.4, -0.2) is 32.3 Å². The molecule has 0 saturated heterocycles. The summed E-state index contributed by atoms with van der Waals surface area (Å²) in [6.07, 6.45) is 0. The number of likely N-dealkylation sites (N-methyl/N-ethyl adjacent to an activating group) is 1. The minimum absolute atomic E-state index is 0.0332. The first kappa shape index (κ1) is 18.5. The molecule has 1 amide bonds. The Hall–Kier alpha value is -2.30. The highest BCUT2D eigenvalue weighted by molar-refractivity contribution is 8.00. The molecule has 3 nitrogen and oxygen atoms in total. The van der Waals surface area contributed by atoms with Gasteiger partial charge in [-0.2, -0.15) is 0 Å². The van der Waals surface area contributed by atoms with E-state index >= 15 is 0 Å². The molecule has 0 radical (unpaired) electrons. The van der Waals surface area contributed by atoms with Crippen LogP contribution in [0.5, 0.6) is 0 Å². The van der Waals surface area contributed by atoms with Gasteiger partial charge in [0, 0.05) is 4.90 Å². The first-order chi connectivity index (χ1) is 12.6. The van der Waals surface area contributed by atoms with Crippen LogP contribution >= 0.6 is 11.8 Å². The lowest BCUT2D eigenvalue weighted by Gasteiger charge is -2.20. The number of thioether (sulfide) groups is 1. The van der Waals surface area contributed by atoms with Crippen molar-refractivity contribution >= 4 is 28.4 Å². The molecule has 0 saturated carbocycles. The van der Waals surface area contributed by atoms with Gasteiger partial charge in [0.15, 0.2) is 0 Å². The third kappa shape index (κ3) is 5.10. The molecular formula is C22H25N2OS+. The summed E-state index contributed by atoms with van der Waals surface area (Å²) in [6, 6.07) is 24.8. The summed E-state index contributed by atoms with van der Waals surface area (Å²) in [7, 11) is 4.21. The maximum Gasteiger partial charge on any atom is 0.231 e. The number of rotatable bonds is 7. The van der Waals surface area contributed by atoms with Gasteiger partial charge >= 0.3 is 0 Å². The van der Waals surface area contributed by atoms with Crippen molar-refractivity contribution in [2.45, 2.75) is 10.9 Å². The van der Waals surface area contributed by atoms with Crippen LogP contribution in [0, 0.1) is 0 Å². The van der Waals surface area contributed by atoms with Gasteiger partial charge in [0.2, 0.25) is 5.91 Å². The zero-order valence-corrected chi connectivity index (χ0v) is 16.1. The van der Waals surface area contributed by atoms with Gasteiger partial charge in [-0.3, -0.25) is 4.79 Å². The lowest BCUT2D eigenvalue weighted by molar-refractivity contribution is -0.860. The quantitative estimate of drug-likeness (QED) is 0.631. The van der Waals surface area contributed by atoms with Crippen LogP contribution in [0.4, 0.5) is 0 Å². The fraction of sp³-hybridized carbons (Fsp3) is 0.227. The zero-order valence-electron chi connectivity index (χ0n) is 15.2. The Balaban J connectivity index is 1.62. The zero-order chi connectivity index (χ0) is 18.4. The number of carbonyl (C=O) groups excluding carboxylic acids is 1. The third-order valence-corrected chi connectivity index (χ3v) is 5.23. The molecule has 3 aromatic carbocycles. The molecule has 0 aliphatic rings. The molecule has 0 aromatic heterocycles. The summed E-state index contributed by atoms with van der Waals surface area (Å²) in [5.74, 6) is 0.489. The molecule has 0 heterocycles. The highest BCUT2D eigenvalue weighted by Crippen LogP contribution is 2.23. The summed E-state index contributed by atoms with van der Waals surface area (Å²) >= 11 is 1.58. The second kappa shape index (κ2) is 8.88. The molecule has 0 aliphatic heterocycles. The molecule has 0 bridgehead atoms. The van der Waals surface area contributed by atoms with Gasteiger partial charge < -0.3 is 10.2 Å². The molecule has 1 atom stereocenters. The lowest BCUT2D eigenvalue weighted by Crippen LogP contribution is -3.06. The van der Waals surface area contributed by atoms with E-state index in [-0.39, 0.29) is 11.9 Å². The van der Waals surface area contributed by atoms with E-state index in [0.29, 0.717) is 5.75 Å². The maximum absolute atomic E-state index is 12.5. The van der Waals surface area contributed by atoms with Crippen molar-refractivity contribution in [2.24, 2.45) is 0 Å². The van der Waals surface area contributed by atoms with E-state index < -0.39 is 0 Å². The molecule has 4 heteroatoms. The average molecular weight is 366 g/mol. The number of quaternary nitrogens is 1. The first-order valence-corrected chi connectivity index (χ1v) is 9.85. The highest BCUT2D eigenvalue weighted by Gasteiger charge is 2.17. The molecule has 26 heavy (non-hydrogen) atoms. The van der Waals surface area contributed by atoms with Gasteiger partial charge in [0.25, 0.3) is 0 Å². The molecule has 0 fully saturated rings. The summed E-state index contributed by atoms with van der Waals surface area (Å²) < 4.78 is 0. The van der Waals surface area contributed by atoms with Crippen LogP contribution < -0.4 is 10.2 Å². The van der Waals surface area contributed by atoms with Crippen LogP contribution in [0.1, 0.15) is 11.6 Å². The van der Waals surface area contributed by atoms with Crippen molar-refractivity contribution in [1.29, 1.82) is 0 Å². The monoisotopic (exact) mass is 365 g/mol. The number of hydrogen-bond acceptors (Lipinski definition) is 2. The molecule has 0 aliphatic carbocycles. The van der Waals surface area contributed by atoms with Gasteiger partial charge in [-0.1, -0.05) is 60.7 Å². The second-order valence-electron chi connectivity index (χ2n) is 6.74. The number of amides is 1.